The molecule has 0 fully saturated rings. The van der Waals surface area contributed by atoms with E-state index < -0.39 is 0 Å². The molecule has 0 amide bonds. The van der Waals surface area contributed by atoms with Crippen LogP contribution in [0.15, 0.2) is 152 Å². The first-order chi connectivity index (χ1) is 22.7. The average molecular weight is 620 g/mol. The summed E-state index contributed by atoms with van der Waals surface area (Å²) in [5, 5.41) is 15.3. The van der Waals surface area contributed by atoms with Gasteiger partial charge in [0, 0.05) is 45.9 Å². The lowest BCUT2D eigenvalue weighted by atomic mass is 9.88. The van der Waals surface area contributed by atoms with Crippen LogP contribution in [0.2, 0.25) is 0 Å². The molecule has 0 atom stereocenters. The van der Waals surface area contributed by atoms with Crippen LogP contribution in [0.5, 0.6) is 0 Å². The van der Waals surface area contributed by atoms with Gasteiger partial charge < -0.3 is 0 Å². The van der Waals surface area contributed by atoms with Crippen LogP contribution in [0.4, 0.5) is 0 Å². The van der Waals surface area contributed by atoms with Crippen molar-refractivity contribution in [2.75, 3.05) is 0 Å². The van der Waals surface area contributed by atoms with E-state index >= 15 is 0 Å². The van der Waals surface area contributed by atoms with Crippen LogP contribution in [0.25, 0.3) is 84.9 Å². The molecule has 0 aliphatic carbocycles. The molecule has 46 heavy (non-hydrogen) atoms. The second kappa shape index (κ2) is 10.8. The molecule has 9 rings (SSSR count). The maximum atomic E-state index is 10.2. The van der Waals surface area contributed by atoms with Crippen LogP contribution in [0.1, 0.15) is 5.56 Å². The maximum absolute atomic E-state index is 10.2. The van der Waals surface area contributed by atoms with Crippen LogP contribution < -0.4 is 0 Å². The summed E-state index contributed by atoms with van der Waals surface area (Å²) >= 11 is 3.70. The van der Waals surface area contributed by atoms with Gasteiger partial charge in [0.05, 0.1) is 11.6 Å². The Morgan fingerprint density at radius 3 is 1.65 bits per heavy atom. The number of rotatable bonds is 4. The van der Waals surface area contributed by atoms with E-state index in [0.717, 1.165) is 22.3 Å². The number of hydrogen-bond donors (Lipinski definition) is 0. The molecule has 0 unspecified atom stereocenters. The molecule has 0 aliphatic heterocycles. The number of fused-ring (bicyclic) bond motifs is 6. The minimum absolute atomic E-state index is 0.652. The smallest absolute Gasteiger partial charge is 0.0992 e. The van der Waals surface area contributed by atoms with Gasteiger partial charge in [-0.3, -0.25) is 0 Å². The fourth-order valence-corrected chi connectivity index (χ4v) is 9.23. The van der Waals surface area contributed by atoms with Gasteiger partial charge in [0.2, 0.25) is 0 Å². The van der Waals surface area contributed by atoms with Crippen molar-refractivity contribution in [3.63, 3.8) is 0 Å². The third kappa shape index (κ3) is 4.35. The van der Waals surface area contributed by atoms with Crippen molar-refractivity contribution in [1.29, 1.82) is 5.26 Å². The average Bonchev–Trinajstić information content (AvgIpc) is 3.70. The zero-order valence-corrected chi connectivity index (χ0v) is 26.3. The van der Waals surface area contributed by atoms with Crippen molar-refractivity contribution in [2.45, 2.75) is 0 Å². The zero-order chi connectivity index (χ0) is 30.6. The Bertz CT molecular complexity index is 2650. The second-order valence-electron chi connectivity index (χ2n) is 11.6. The van der Waals surface area contributed by atoms with E-state index in [0.29, 0.717) is 5.56 Å². The van der Waals surface area contributed by atoms with Crippen LogP contribution in [0.3, 0.4) is 0 Å². The molecule has 1 nitrogen and oxygen atoms in total. The van der Waals surface area contributed by atoms with Gasteiger partial charge in [0.25, 0.3) is 0 Å². The van der Waals surface area contributed by atoms with Crippen LogP contribution in [-0.4, -0.2) is 0 Å². The summed E-state index contributed by atoms with van der Waals surface area (Å²) in [5.41, 5.74) is 9.72. The molecule has 0 saturated carbocycles. The first-order valence-corrected chi connectivity index (χ1v) is 16.9. The maximum Gasteiger partial charge on any atom is 0.0992 e. The lowest BCUT2D eigenvalue weighted by Gasteiger charge is -2.16. The molecule has 0 bridgehead atoms. The van der Waals surface area contributed by atoms with E-state index in [4.69, 9.17) is 0 Å². The zero-order valence-electron chi connectivity index (χ0n) is 24.7. The summed E-state index contributed by atoms with van der Waals surface area (Å²) < 4.78 is 5.17. The lowest BCUT2D eigenvalue weighted by molar-refractivity contribution is 1.48. The summed E-state index contributed by atoms with van der Waals surface area (Å²) in [5.74, 6) is 0. The van der Waals surface area contributed by atoms with E-state index in [1.165, 1.54) is 62.6 Å². The number of benzene rings is 7. The summed E-state index contributed by atoms with van der Waals surface area (Å²) in [6.45, 7) is 0. The van der Waals surface area contributed by atoms with E-state index in [-0.39, 0.29) is 0 Å². The molecule has 0 N–H and O–H groups in total. The van der Waals surface area contributed by atoms with E-state index in [2.05, 4.69) is 127 Å². The standard InChI is InChI=1S/C43H25NS2/c44-26-27-22-30(28-10-2-1-3-11-28)24-31(23-27)39-25-29(32-14-8-16-37-34-12-4-6-18-40(34)45-42(32)37)20-21-33(39)36-15-9-17-38-35-13-5-7-19-41(35)46-43(36)38/h1-25H. The highest BCUT2D eigenvalue weighted by Crippen LogP contribution is 2.46. The molecule has 7 aromatic carbocycles. The molecule has 0 spiro atoms. The molecule has 2 heterocycles. The Labute approximate surface area is 274 Å². The predicted octanol–water partition coefficient (Wildman–Crippen LogP) is 13.0. The second-order valence-corrected chi connectivity index (χ2v) is 13.7. The van der Waals surface area contributed by atoms with E-state index in [1.54, 1.807) is 0 Å². The van der Waals surface area contributed by atoms with Crippen molar-refractivity contribution in [2.24, 2.45) is 0 Å². The number of thiophene rings is 2. The van der Waals surface area contributed by atoms with Gasteiger partial charge in [-0.25, -0.2) is 0 Å². The van der Waals surface area contributed by atoms with Gasteiger partial charge in [-0.15, -0.1) is 22.7 Å². The van der Waals surface area contributed by atoms with Crippen LogP contribution >= 0.6 is 22.7 Å². The quantitative estimate of drug-likeness (QED) is 0.192. The normalized spacial score (nSPS) is 11.5. The molecule has 0 aliphatic rings. The minimum atomic E-state index is 0.652. The molecule has 2 aromatic heterocycles. The Hall–Kier alpha value is -5.53. The highest BCUT2D eigenvalue weighted by atomic mass is 32.1. The Balaban J connectivity index is 1.33. The van der Waals surface area contributed by atoms with Crippen molar-refractivity contribution >= 4 is 63.0 Å². The van der Waals surface area contributed by atoms with Gasteiger partial charge in [-0.2, -0.15) is 5.26 Å². The summed E-state index contributed by atoms with van der Waals surface area (Å²) in [7, 11) is 0. The lowest BCUT2D eigenvalue weighted by Crippen LogP contribution is -1.91. The third-order valence-corrected chi connectivity index (χ3v) is 11.3. The third-order valence-electron chi connectivity index (χ3n) is 8.91. The molecule has 214 valence electrons. The van der Waals surface area contributed by atoms with Gasteiger partial charge >= 0.3 is 0 Å². The first-order valence-electron chi connectivity index (χ1n) is 15.3. The van der Waals surface area contributed by atoms with Crippen LogP contribution in [-0.2, 0) is 0 Å². The summed E-state index contributed by atoms with van der Waals surface area (Å²) in [4.78, 5) is 0. The predicted molar refractivity (Wildman–Crippen MR) is 199 cm³/mol. The van der Waals surface area contributed by atoms with Gasteiger partial charge in [-0.1, -0.05) is 115 Å². The molecule has 0 radical (unpaired) electrons. The fourth-order valence-electron chi connectivity index (χ4n) is 6.76. The molecular weight excluding hydrogens is 595 g/mol. The van der Waals surface area contributed by atoms with Gasteiger partial charge in [0.15, 0.2) is 0 Å². The van der Waals surface area contributed by atoms with E-state index in [9.17, 15) is 5.26 Å². The number of hydrogen-bond acceptors (Lipinski definition) is 3. The SMILES string of the molecule is N#Cc1cc(-c2ccccc2)cc(-c2cc(-c3cccc4c3sc3ccccc34)ccc2-c2cccc3c2sc2ccccc23)c1. The largest absolute Gasteiger partial charge is 0.192 e. The van der Waals surface area contributed by atoms with E-state index in [1.807, 2.05) is 53.0 Å². The molecule has 0 saturated heterocycles. The first kappa shape index (κ1) is 26.8. The van der Waals surface area contributed by atoms with Crippen molar-refractivity contribution in [3.05, 3.63) is 157 Å². The number of nitrogens with zero attached hydrogens (tertiary/aromatic N) is 1. The topological polar surface area (TPSA) is 23.8 Å². The number of nitriles is 1. The fraction of sp³-hybridized carbons (Fsp3) is 0. The van der Waals surface area contributed by atoms with Gasteiger partial charge in [0.1, 0.15) is 0 Å². The molecule has 3 heteroatoms. The highest BCUT2D eigenvalue weighted by Gasteiger charge is 2.18. The minimum Gasteiger partial charge on any atom is -0.192 e. The van der Waals surface area contributed by atoms with Crippen molar-refractivity contribution in [3.8, 4) is 50.6 Å². The Kier molecular flexibility index (Phi) is 6.31. The highest BCUT2D eigenvalue weighted by molar-refractivity contribution is 7.26. The Morgan fingerprint density at radius 1 is 0.370 bits per heavy atom. The van der Waals surface area contributed by atoms with Crippen LogP contribution in [0, 0.1) is 11.3 Å². The van der Waals surface area contributed by atoms with Crippen molar-refractivity contribution < 1.29 is 0 Å². The van der Waals surface area contributed by atoms with Gasteiger partial charge in [-0.05, 0) is 75.3 Å². The summed E-state index contributed by atoms with van der Waals surface area (Å²) in [6, 6.07) is 56.6. The summed E-state index contributed by atoms with van der Waals surface area (Å²) in [6.07, 6.45) is 0. The van der Waals surface area contributed by atoms with Crippen molar-refractivity contribution in [1.82, 2.24) is 0 Å². The monoisotopic (exact) mass is 619 g/mol. The molecular formula is C43H25NS2. The molecule has 9 aromatic rings. The Morgan fingerprint density at radius 2 is 0.957 bits per heavy atom.